The van der Waals surface area contributed by atoms with E-state index >= 15 is 0 Å². The van der Waals surface area contributed by atoms with E-state index in [4.69, 9.17) is 5.21 Å². The van der Waals surface area contributed by atoms with Crippen molar-refractivity contribution in [1.82, 2.24) is 19.8 Å². The number of carbonyl (C=O) groups excluding carboxylic acids is 2. The lowest BCUT2D eigenvalue weighted by Gasteiger charge is -2.42. The molecule has 1 aromatic carbocycles. The number of nitrogens with one attached hydrogen (secondary N) is 1. The first-order valence-corrected chi connectivity index (χ1v) is 12.9. The highest BCUT2D eigenvalue weighted by Gasteiger charge is 2.44. The van der Waals surface area contributed by atoms with Gasteiger partial charge in [0, 0.05) is 48.9 Å². The van der Waals surface area contributed by atoms with Crippen LogP contribution in [0.2, 0.25) is 0 Å². The summed E-state index contributed by atoms with van der Waals surface area (Å²) in [6, 6.07) is 8.48. The minimum Gasteiger partial charge on any atom is -0.318 e. The van der Waals surface area contributed by atoms with Crippen molar-refractivity contribution in [3.8, 4) is 11.8 Å². The highest BCUT2D eigenvalue weighted by molar-refractivity contribution is 7.92. The second-order valence-corrected chi connectivity index (χ2v) is 11.9. The van der Waals surface area contributed by atoms with Crippen LogP contribution in [0.4, 0.5) is 9.18 Å². The molecule has 4 rings (SSSR count). The number of hydrogen-bond donors (Lipinski definition) is 2. The molecule has 11 heteroatoms. The molecule has 2 aliphatic heterocycles. The molecule has 1 atom stereocenters. The number of likely N-dealkylation sites (tertiary alicyclic amines) is 1. The quantitative estimate of drug-likeness (QED) is 0.352. The Bertz CT molecular complexity index is 1340. The summed E-state index contributed by atoms with van der Waals surface area (Å²) in [6.45, 7) is 2.22. The van der Waals surface area contributed by atoms with Crippen LogP contribution in [0.15, 0.2) is 36.5 Å². The number of nitrogens with zero attached hydrogens (tertiary/aromatic N) is 3. The Kier molecular flexibility index (Phi) is 6.25. The van der Waals surface area contributed by atoms with Crippen molar-refractivity contribution < 1.29 is 27.6 Å². The number of benzene rings is 1. The molecule has 3 heterocycles. The summed E-state index contributed by atoms with van der Waals surface area (Å²) >= 11 is 0. The van der Waals surface area contributed by atoms with Gasteiger partial charge in [-0.15, -0.1) is 0 Å². The predicted octanol–water partition coefficient (Wildman–Crippen LogP) is 1.48. The smallest absolute Gasteiger partial charge is 0.318 e. The Morgan fingerprint density at radius 1 is 1.23 bits per heavy atom. The van der Waals surface area contributed by atoms with Gasteiger partial charge in [-0.05, 0) is 44.2 Å². The van der Waals surface area contributed by atoms with Crippen LogP contribution in [-0.2, 0) is 26.8 Å². The summed E-state index contributed by atoms with van der Waals surface area (Å²) < 4.78 is 38.5. The van der Waals surface area contributed by atoms with Crippen molar-refractivity contribution in [2.45, 2.75) is 30.3 Å². The number of sulfone groups is 1. The number of amides is 2. The Morgan fingerprint density at radius 2 is 1.86 bits per heavy atom. The maximum absolute atomic E-state index is 14.7. The standard InChI is InChI=1S/C24H27FN4O5S/c1-23(21(30)26-32,35(3,33)34)10-11-28-14-20-12-18(13-29(20)22(28)31)5-4-17-6-8-19(9-7-17)24(25)15-27(2)16-24/h6-9,12-13,32H,10-11,14-16H2,1-3H3,(H,26,30). The number of alkyl halides is 1. The van der Waals surface area contributed by atoms with Gasteiger partial charge in [0.1, 0.15) is 0 Å². The Labute approximate surface area is 203 Å². The zero-order valence-corrected chi connectivity index (χ0v) is 20.5. The molecule has 186 valence electrons. The van der Waals surface area contributed by atoms with Crippen LogP contribution < -0.4 is 5.48 Å². The molecule has 0 radical (unpaired) electrons. The van der Waals surface area contributed by atoms with E-state index in [0.717, 1.165) is 11.8 Å². The van der Waals surface area contributed by atoms with Gasteiger partial charge < -0.3 is 4.90 Å². The predicted molar refractivity (Wildman–Crippen MR) is 126 cm³/mol. The summed E-state index contributed by atoms with van der Waals surface area (Å²) in [6.07, 6.45) is 2.35. The van der Waals surface area contributed by atoms with Crippen LogP contribution in [0.3, 0.4) is 0 Å². The van der Waals surface area contributed by atoms with Crippen molar-refractivity contribution in [3.63, 3.8) is 0 Å². The SMILES string of the molecule is CN1CC(F)(c2ccc(C#Cc3cc4n(c3)C(=O)N(CCC(C)(C(=O)NO)S(C)(=O)=O)C4)cc2)C1. The maximum Gasteiger partial charge on any atom is 0.328 e. The van der Waals surface area contributed by atoms with Crippen molar-refractivity contribution >= 4 is 21.8 Å². The third-order valence-electron chi connectivity index (χ3n) is 6.78. The van der Waals surface area contributed by atoms with Gasteiger partial charge in [-0.1, -0.05) is 24.0 Å². The van der Waals surface area contributed by atoms with Gasteiger partial charge in [0.05, 0.1) is 6.54 Å². The average molecular weight is 503 g/mol. The van der Waals surface area contributed by atoms with E-state index in [0.29, 0.717) is 29.9 Å². The van der Waals surface area contributed by atoms with E-state index in [-0.39, 0.29) is 25.5 Å². The average Bonchev–Trinajstić information content (AvgIpc) is 3.32. The number of carbonyl (C=O) groups is 2. The highest BCUT2D eigenvalue weighted by atomic mass is 32.2. The number of aromatic nitrogens is 1. The van der Waals surface area contributed by atoms with E-state index < -0.39 is 26.2 Å². The van der Waals surface area contributed by atoms with Crippen molar-refractivity contribution in [3.05, 3.63) is 58.9 Å². The van der Waals surface area contributed by atoms with E-state index in [9.17, 15) is 22.4 Å². The number of hydroxylamine groups is 1. The van der Waals surface area contributed by atoms with Crippen LogP contribution >= 0.6 is 0 Å². The monoisotopic (exact) mass is 502 g/mol. The van der Waals surface area contributed by atoms with Gasteiger partial charge in [-0.2, -0.15) is 0 Å². The molecule has 0 spiro atoms. The number of fused-ring (bicyclic) bond motifs is 1. The fraction of sp³-hybridized carbons (Fsp3) is 0.417. The van der Waals surface area contributed by atoms with Crippen molar-refractivity contribution in [1.29, 1.82) is 0 Å². The molecule has 2 aliphatic rings. The van der Waals surface area contributed by atoms with Crippen LogP contribution in [0, 0.1) is 11.8 Å². The first-order chi connectivity index (χ1) is 16.4. The number of halogens is 1. The minimum absolute atomic E-state index is 0.0106. The number of hydrogen-bond acceptors (Lipinski definition) is 6. The second kappa shape index (κ2) is 8.78. The van der Waals surface area contributed by atoms with Gasteiger partial charge in [0.25, 0.3) is 5.91 Å². The molecule has 1 aromatic heterocycles. The van der Waals surface area contributed by atoms with E-state index in [1.165, 1.54) is 21.9 Å². The fourth-order valence-electron chi connectivity index (χ4n) is 4.39. The minimum atomic E-state index is -3.85. The molecule has 2 amide bonds. The van der Waals surface area contributed by atoms with Gasteiger partial charge in [-0.3, -0.25) is 19.5 Å². The Hall–Kier alpha value is -3.20. The zero-order chi connectivity index (χ0) is 25.6. The maximum atomic E-state index is 14.7. The van der Waals surface area contributed by atoms with E-state index in [1.807, 2.05) is 11.9 Å². The van der Waals surface area contributed by atoms with E-state index in [1.54, 1.807) is 36.5 Å². The van der Waals surface area contributed by atoms with Crippen molar-refractivity contribution in [2.24, 2.45) is 0 Å². The third kappa shape index (κ3) is 4.57. The van der Waals surface area contributed by atoms with E-state index in [2.05, 4.69) is 11.8 Å². The molecule has 0 aliphatic carbocycles. The molecule has 2 N–H and O–H groups in total. The van der Waals surface area contributed by atoms with Crippen LogP contribution in [0.25, 0.3) is 0 Å². The van der Waals surface area contributed by atoms with Crippen LogP contribution in [0.1, 0.15) is 35.7 Å². The molecule has 0 bridgehead atoms. The lowest BCUT2D eigenvalue weighted by Crippen LogP contribution is -2.54. The number of likely N-dealkylation sites (N-methyl/N-ethyl adjacent to an activating group) is 1. The first kappa shape index (κ1) is 24.9. The van der Waals surface area contributed by atoms with Crippen molar-refractivity contribution in [2.75, 3.05) is 32.9 Å². The normalized spacial score (nSPS) is 18.8. The Morgan fingerprint density at radius 3 is 2.40 bits per heavy atom. The Balaban J connectivity index is 1.41. The lowest BCUT2D eigenvalue weighted by atomic mass is 9.88. The van der Waals surface area contributed by atoms with Crippen LogP contribution in [-0.4, -0.2) is 77.6 Å². The summed E-state index contributed by atoms with van der Waals surface area (Å²) in [7, 11) is -1.98. The highest BCUT2D eigenvalue weighted by Crippen LogP contribution is 2.35. The van der Waals surface area contributed by atoms with Gasteiger partial charge in [-0.25, -0.2) is 23.1 Å². The molecule has 1 saturated heterocycles. The molecule has 1 unspecified atom stereocenters. The van der Waals surface area contributed by atoms with Gasteiger partial charge >= 0.3 is 6.03 Å². The molecule has 0 saturated carbocycles. The first-order valence-electron chi connectivity index (χ1n) is 11.0. The molecule has 2 aromatic rings. The zero-order valence-electron chi connectivity index (χ0n) is 19.7. The molecule has 35 heavy (non-hydrogen) atoms. The summed E-state index contributed by atoms with van der Waals surface area (Å²) in [4.78, 5) is 28.1. The third-order valence-corrected chi connectivity index (χ3v) is 8.81. The summed E-state index contributed by atoms with van der Waals surface area (Å²) in [5, 5.41) is 8.94. The van der Waals surface area contributed by atoms with Crippen LogP contribution in [0.5, 0.6) is 0 Å². The topological polar surface area (TPSA) is 112 Å². The number of rotatable bonds is 6. The van der Waals surface area contributed by atoms with Gasteiger partial charge in [0.2, 0.25) is 0 Å². The molecule has 9 nitrogen and oxygen atoms in total. The lowest BCUT2D eigenvalue weighted by molar-refractivity contribution is -0.131. The van der Waals surface area contributed by atoms with Gasteiger partial charge in [0.15, 0.2) is 20.3 Å². The fourth-order valence-corrected chi connectivity index (χ4v) is 5.23. The molecular weight excluding hydrogens is 475 g/mol. The summed E-state index contributed by atoms with van der Waals surface area (Å²) in [5.41, 5.74) is 2.79. The largest absolute Gasteiger partial charge is 0.328 e. The summed E-state index contributed by atoms with van der Waals surface area (Å²) in [5.74, 6) is 4.99. The molecular formula is C24H27FN4O5S. The molecule has 1 fully saturated rings. The second-order valence-electron chi connectivity index (χ2n) is 9.45.